The van der Waals surface area contributed by atoms with Gasteiger partial charge in [-0.1, -0.05) is 35.4 Å². The summed E-state index contributed by atoms with van der Waals surface area (Å²) >= 11 is 1.78. The first-order valence-electron chi connectivity index (χ1n) is 6.69. The molecule has 2 aromatic carbocycles. The predicted octanol–water partition coefficient (Wildman–Crippen LogP) is 4.10. The quantitative estimate of drug-likeness (QED) is 0.841. The zero-order valence-electron chi connectivity index (χ0n) is 12.2. The van der Waals surface area contributed by atoms with E-state index in [1.54, 1.807) is 18.9 Å². The van der Waals surface area contributed by atoms with Crippen molar-refractivity contribution in [3.05, 3.63) is 59.2 Å². The topological polar surface area (TPSA) is 35.2 Å². The minimum absolute atomic E-state index is 0.0321. The van der Waals surface area contributed by atoms with Crippen molar-refractivity contribution in [1.29, 1.82) is 0 Å². The third-order valence-corrected chi connectivity index (χ3v) is 4.32. The third-order valence-electron chi connectivity index (χ3n) is 3.20. The minimum atomic E-state index is -0.0321. The van der Waals surface area contributed by atoms with E-state index in [1.165, 1.54) is 16.0 Å². The van der Waals surface area contributed by atoms with Crippen LogP contribution in [0, 0.1) is 13.8 Å². The van der Waals surface area contributed by atoms with Gasteiger partial charge in [-0.2, -0.15) is 0 Å². The Hall–Kier alpha value is -1.45. The van der Waals surface area contributed by atoms with Crippen LogP contribution in [0.1, 0.15) is 22.7 Å². The average molecular weight is 287 g/mol. The maximum absolute atomic E-state index is 6.33. The molecular formula is C17H21NOS. The molecule has 0 aliphatic carbocycles. The largest absolute Gasteiger partial charge is 0.496 e. The Bertz CT molecular complexity index is 583. The summed E-state index contributed by atoms with van der Waals surface area (Å²) in [5.74, 6) is 1.71. The van der Waals surface area contributed by atoms with E-state index in [1.807, 2.05) is 12.1 Å². The van der Waals surface area contributed by atoms with Crippen molar-refractivity contribution in [3.8, 4) is 5.75 Å². The summed E-state index contributed by atoms with van der Waals surface area (Å²) in [5.41, 5.74) is 9.88. The van der Waals surface area contributed by atoms with Crippen molar-refractivity contribution in [1.82, 2.24) is 0 Å². The van der Waals surface area contributed by atoms with Gasteiger partial charge in [-0.25, -0.2) is 0 Å². The van der Waals surface area contributed by atoms with E-state index in [9.17, 15) is 0 Å². The molecule has 2 aromatic rings. The Balaban J connectivity index is 2.08. The van der Waals surface area contributed by atoms with Crippen LogP contribution >= 0.6 is 11.8 Å². The van der Waals surface area contributed by atoms with Crippen molar-refractivity contribution >= 4 is 11.8 Å². The Kier molecular flexibility index (Phi) is 5.10. The van der Waals surface area contributed by atoms with Gasteiger partial charge >= 0.3 is 0 Å². The fourth-order valence-electron chi connectivity index (χ4n) is 2.12. The number of nitrogens with two attached hydrogens (primary N) is 1. The fraction of sp³-hybridized carbons (Fsp3) is 0.294. The Morgan fingerprint density at radius 2 is 1.85 bits per heavy atom. The van der Waals surface area contributed by atoms with Gasteiger partial charge in [-0.15, -0.1) is 11.8 Å². The van der Waals surface area contributed by atoms with Crippen LogP contribution in [-0.2, 0) is 0 Å². The van der Waals surface area contributed by atoms with Crippen LogP contribution in [0.15, 0.2) is 47.4 Å². The van der Waals surface area contributed by atoms with E-state index in [4.69, 9.17) is 10.5 Å². The first-order valence-corrected chi connectivity index (χ1v) is 7.68. The Morgan fingerprint density at radius 1 is 1.10 bits per heavy atom. The summed E-state index contributed by atoms with van der Waals surface area (Å²) in [4.78, 5) is 1.26. The second kappa shape index (κ2) is 6.82. The number of hydrogen-bond donors (Lipinski definition) is 1. The summed E-state index contributed by atoms with van der Waals surface area (Å²) < 4.78 is 5.40. The summed E-state index contributed by atoms with van der Waals surface area (Å²) in [7, 11) is 1.69. The molecule has 0 fully saturated rings. The maximum Gasteiger partial charge on any atom is 0.123 e. The minimum Gasteiger partial charge on any atom is -0.496 e. The van der Waals surface area contributed by atoms with Gasteiger partial charge < -0.3 is 10.5 Å². The first kappa shape index (κ1) is 14.9. The maximum atomic E-state index is 6.33. The van der Waals surface area contributed by atoms with Gasteiger partial charge in [0.25, 0.3) is 0 Å². The summed E-state index contributed by atoms with van der Waals surface area (Å²) in [6.45, 7) is 4.18. The molecule has 0 saturated heterocycles. The lowest BCUT2D eigenvalue weighted by molar-refractivity contribution is 0.407. The SMILES string of the molecule is COc1ccc(C)cc1C(N)CSc1cccc(C)c1. The van der Waals surface area contributed by atoms with Crippen LogP contribution in [0.5, 0.6) is 5.75 Å². The van der Waals surface area contributed by atoms with Crippen LogP contribution in [0.3, 0.4) is 0 Å². The molecule has 0 aromatic heterocycles. The van der Waals surface area contributed by atoms with Crippen molar-refractivity contribution in [2.45, 2.75) is 24.8 Å². The van der Waals surface area contributed by atoms with E-state index >= 15 is 0 Å². The van der Waals surface area contributed by atoms with Gasteiger partial charge in [0.2, 0.25) is 0 Å². The van der Waals surface area contributed by atoms with E-state index in [-0.39, 0.29) is 6.04 Å². The standard InChI is InChI=1S/C17H21NOS/c1-12-5-4-6-14(9-12)20-11-16(18)15-10-13(2)7-8-17(15)19-3/h4-10,16H,11,18H2,1-3H3. The van der Waals surface area contributed by atoms with Crippen molar-refractivity contribution in [2.24, 2.45) is 5.73 Å². The highest BCUT2D eigenvalue weighted by Crippen LogP contribution is 2.29. The molecule has 2 rings (SSSR count). The van der Waals surface area contributed by atoms with Gasteiger partial charge in [0.1, 0.15) is 5.75 Å². The number of hydrogen-bond acceptors (Lipinski definition) is 3. The highest BCUT2D eigenvalue weighted by atomic mass is 32.2. The molecule has 20 heavy (non-hydrogen) atoms. The number of benzene rings is 2. The molecule has 0 saturated carbocycles. The Morgan fingerprint density at radius 3 is 2.55 bits per heavy atom. The molecule has 0 aliphatic heterocycles. The number of rotatable bonds is 5. The third kappa shape index (κ3) is 3.78. The Labute approximate surface area is 125 Å². The molecule has 0 aliphatic rings. The van der Waals surface area contributed by atoms with Crippen LogP contribution in [-0.4, -0.2) is 12.9 Å². The van der Waals surface area contributed by atoms with Gasteiger partial charge in [0.15, 0.2) is 0 Å². The van der Waals surface area contributed by atoms with E-state index < -0.39 is 0 Å². The zero-order chi connectivity index (χ0) is 14.5. The molecule has 2 N–H and O–H groups in total. The van der Waals surface area contributed by atoms with Crippen molar-refractivity contribution < 1.29 is 4.74 Å². The molecular weight excluding hydrogens is 266 g/mol. The highest BCUT2D eigenvalue weighted by molar-refractivity contribution is 7.99. The summed E-state index contributed by atoms with van der Waals surface area (Å²) in [5, 5.41) is 0. The van der Waals surface area contributed by atoms with Gasteiger partial charge in [-0.3, -0.25) is 0 Å². The predicted molar refractivity (Wildman–Crippen MR) is 86.6 cm³/mol. The molecule has 0 heterocycles. The lowest BCUT2D eigenvalue weighted by Gasteiger charge is -2.16. The molecule has 1 unspecified atom stereocenters. The van der Waals surface area contributed by atoms with E-state index in [0.717, 1.165) is 17.1 Å². The van der Waals surface area contributed by atoms with Gasteiger partial charge in [0, 0.05) is 22.3 Å². The summed E-state index contributed by atoms with van der Waals surface area (Å²) in [6.07, 6.45) is 0. The van der Waals surface area contributed by atoms with Crippen molar-refractivity contribution in [3.63, 3.8) is 0 Å². The normalized spacial score (nSPS) is 12.2. The molecule has 1 atom stereocenters. The van der Waals surface area contributed by atoms with Gasteiger partial charge in [0.05, 0.1) is 7.11 Å². The van der Waals surface area contributed by atoms with Crippen LogP contribution in [0.4, 0.5) is 0 Å². The molecule has 0 radical (unpaired) electrons. The number of methoxy groups -OCH3 is 1. The molecule has 106 valence electrons. The zero-order valence-corrected chi connectivity index (χ0v) is 13.0. The highest BCUT2D eigenvalue weighted by Gasteiger charge is 2.12. The molecule has 0 spiro atoms. The molecule has 0 bridgehead atoms. The van der Waals surface area contributed by atoms with Crippen LogP contribution in [0.25, 0.3) is 0 Å². The monoisotopic (exact) mass is 287 g/mol. The fourth-order valence-corrected chi connectivity index (χ4v) is 3.12. The number of ether oxygens (including phenoxy) is 1. The average Bonchev–Trinajstić information content (AvgIpc) is 2.45. The first-order chi connectivity index (χ1) is 9.60. The van der Waals surface area contributed by atoms with E-state index in [0.29, 0.717) is 0 Å². The number of aryl methyl sites for hydroxylation is 2. The molecule has 3 heteroatoms. The van der Waals surface area contributed by atoms with Crippen molar-refractivity contribution in [2.75, 3.05) is 12.9 Å². The van der Waals surface area contributed by atoms with Crippen LogP contribution < -0.4 is 10.5 Å². The molecule has 2 nitrogen and oxygen atoms in total. The summed E-state index contributed by atoms with van der Waals surface area (Å²) in [6, 6.07) is 14.6. The van der Waals surface area contributed by atoms with E-state index in [2.05, 4.69) is 44.2 Å². The second-order valence-electron chi connectivity index (χ2n) is 4.98. The smallest absolute Gasteiger partial charge is 0.123 e. The second-order valence-corrected chi connectivity index (χ2v) is 6.07. The lowest BCUT2D eigenvalue weighted by Crippen LogP contribution is -2.14. The molecule has 0 amide bonds. The number of thioether (sulfide) groups is 1. The lowest BCUT2D eigenvalue weighted by atomic mass is 10.1. The van der Waals surface area contributed by atoms with Gasteiger partial charge in [-0.05, 0) is 32.0 Å². The van der Waals surface area contributed by atoms with Crippen LogP contribution in [0.2, 0.25) is 0 Å².